The molecule has 0 aliphatic heterocycles. The first kappa shape index (κ1) is 23.5. The Morgan fingerprint density at radius 3 is 2.41 bits per heavy atom. The van der Waals surface area contributed by atoms with Crippen LogP contribution in [-0.4, -0.2) is 32.7 Å². The van der Waals surface area contributed by atoms with Gasteiger partial charge in [-0.1, -0.05) is 64.8 Å². The average Bonchev–Trinajstić information content (AvgIpc) is 3.18. The fourth-order valence-electron chi connectivity index (χ4n) is 3.72. The molecule has 1 heterocycles. The molecule has 170 valence electrons. The number of phenols is 1. The van der Waals surface area contributed by atoms with E-state index >= 15 is 0 Å². The van der Waals surface area contributed by atoms with Crippen molar-refractivity contribution in [3.8, 4) is 11.4 Å². The molecule has 2 aromatic carbocycles. The molecule has 0 spiro atoms. The summed E-state index contributed by atoms with van der Waals surface area (Å²) in [6, 6.07) is 11.6. The van der Waals surface area contributed by atoms with Crippen molar-refractivity contribution in [2.24, 2.45) is 0 Å². The average molecular weight is 436 g/mol. The van der Waals surface area contributed by atoms with Gasteiger partial charge in [-0.3, -0.25) is 0 Å². The second-order valence-electron chi connectivity index (χ2n) is 8.99. The number of carbonyl (C=O) groups is 1. The highest BCUT2D eigenvalue weighted by molar-refractivity contribution is 5.86. The molecular weight excluding hydrogens is 402 g/mol. The smallest absolute Gasteiger partial charge is 0.333 e. The minimum atomic E-state index is -0.430. The maximum absolute atomic E-state index is 11.8. The Balaban J connectivity index is 2.00. The van der Waals surface area contributed by atoms with E-state index in [0.717, 1.165) is 29.4 Å². The number of benzene rings is 2. The number of esters is 1. The summed E-state index contributed by atoms with van der Waals surface area (Å²) in [5.74, 6) is -0.328. The normalized spacial score (nSPS) is 11.6. The molecule has 0 aliphatic rings. The third kappa shape index (κ3) is 5.36. The Kier molecular flexibility index (Phi) is 7.33. The van der Waals surface area contributed by atoms with E-state index in [0.29, 0.717) is 23.2 Å². The molecule has 0 unspecified atom stereocenters. The summed E-state index contributed by atoms with van der Waals surface area (Å²) in [5, 5.41) is 20.2. The van der Waals surface area contributed by atoms with Crippen LogP contribution in [0, 0.1) is 0 Å². The van der Waals surface area contributed by atoms with Gasteiger partial charge in [0.05, 0.1) is 6.61 Å². The molecule has 0 amide bonds. The van der Waals surface area contributed by atoms with Gasteiger partial charge in [-0.15, -0.1) is 15.0 Å². The molecule has 0 fully saturated rings. The molecule has 0 saturated heterocycles. The van der Waals surface area contributed by atoms with E-state index in [1.807, 2.05) is 36.4 Å². The first-order chi connectivity index (χ1) is 15.2. The fraction of sp³-hybridized carbons (Fsp3) is 0.423. The predicted molar refractivity (Wildman–Crippen MR) is 127 cm³/mol. The van der Waals surface area contributed by atoms with Gasteiger partial charge in [0.2, 0.25) is 0 Å². The van der Waals surface area contributed by atoms with Crippen LogP contribution in [0.1, 0.15) is 64.5 Å². The quantitative estimate of drug-likeness (QED) is 0.253. The van der Waals surface area contributed by atoms with E-state index < -0.39 is 5.97 Å². The number of phenolic OH excluding ortho intramolecular Hbond substituents is 1. The zero-order valence-electron chi connectivity index (χ0n) is 19.5. The van der Waals surface area contributed by atoms with Crippen LogP contribution in [0.15, 0.2) is 48.6 Å². The van der Waals surface area contributed by atoms with Crippen LogP contribution in [-0.2, 0) is 21.4 Å². The van der Waals surface area contributed by atoms with E-state index in [9.17, 15) is 9.90 Å². The van der Waals surface area contributed by atoms with Gasteiger partial charge < -0.3 is 9.84 Å². The Morgan fingerprint density at radius 2 is 1.81 bits per heavy atom. The van der Waals surface area contributed by atoms with E-state index in [-0.39, 0.29) is 17.8 Å². The maximum atomic E-state index is 11.8. The van der Waals surface area contributed by atoms with Crippen LogP contribution in [0.3, 0.4) is 0 Å². The van der Waals surface area contributed by atoms with E-state index in [1.54, 1.807) is 6.92 Å². The number of aromatic nitrogens is 3. The molecule has 6 nitrogen and oxygen atoms in total. The molecule has 6 heteroatoms. The SMILES string of the molecule is C=C(C)C(=O)OCCc1cc(C(C)(C)CCCCC)cc(-n2nc3ccccc3n2)c1O. The summed E-state index contributed by atoms with van der Waals surface area (Å²) >= 11 is 0. The van der Waals surface area contributed by atoms with Crippen molar-refractivity contribution >= 4 is 17.0 Å². The Morgan fingerprint density at radius 1 is 1.16 bits per heavy atom. The molecule has 3 rings (SSSR count). The van der Waals surface area contributed by atoms with Crippen molar-refractivity contribution in [3.63, 3.8) is 0 Å². The minimum absolute atomic E-state index is 0.0900. The number of fused-ring (bicyclic) bond motifs is 1. The van der Waals surface area contributed by atoms with Crippen molar-refractivity contribution < 1.29 is 14.6 Å². The van der Waals surface area contributed by atoms with Crippen LogP contribution in [0.5, 0.6) is 5.75 Å². The fourth-order valence-corrected chi connectivity index (χ4v) is 3.72. The lowest BCUT2D eigenvalue weighted by Crippen LogP contribution is -2.19. The maximum Gasteiger partial charge on any atom is 0.333 e. The number of ether oxygens (including phenoxy) is 1. The topological polar surface area (TPSA) is 77.2 Å². The van der Waals surface area contributed by atoms with Crippen molar-refractivity contribution in [1.29, 1.82) is 0 Å². The molecule has 32 heavy (non-hydrogen) atoms. The number of aromatic hydroxyl groups is 1. The summed E-state index contributed by atoms with van der Waals surface area (Å²) in [6.07, 6.45) is 4.90. The number of rotatable bonds is 10. The van der Waals surface area contributed by atoms with Gasteiger partial charge in [-0.2, -0.15) is 0 Å². The second-order valence-corrected chi connectivity index (χ2v) is 8.99. The lowest BCUT2D eigenvalue weighted by molar-refractivity contribution is -0.138. The predicted octanol–water partition coefficient (Wildman–Crippen LogP) is 5.65. The van der Waals surface area contributed by atoms with Crippen LogP contribution in [0.25, 0.3) is 16.7 Å². The summed E-state index contributed by atoms with van der Waals surface area (Å²) in [4.78, 5) is 13.3. The number of hydrogen-bond acceptors (Lipinski definition) is 5. The van der Waals surface area contributed by atoms with Crippen molar-refractivity contribution in [3.05, 3.63) is 59.7 Å². The third-order valence-electron chi connectivity index (χ3n) is 5.81. The molecule has 0 radical (unpaired) electrons. The monoisotopic (exact) mass is 435 g/mol. The van der Waals surface area contributed by atoms with Crippen LogP contribution < -0.4 is 0 Å². The molecular formula is C26H33N3O3. The van der Waals surface area contributed by atoms with Crippen LogP contribution >= 0.6 is 0 Å². The molecule has 0 aliphatic carbocycles. The molecule has 3 aromatic rings. The van der Waals surface area contributed by atoms with Crippen molar-refractivity contribution in [2.75, 3.05) is 6.61 Å². The summed E-state index contributed by atoms with van der Waals surface area (Å²) in [6.45, 7) is 12.0. The summed E-state index contributed by atoms with van der Waals surface area (Å²) < 4.78 is 5.27. The van der Waals surface area contributed by atoms with Gasteiger partial charge in [-0.25, -0.2) is 4.79 Å². The van der Waals surface area contributed by atoms with Crippen molar-refractivity contribution in [2.45, 2.75) is 65.2 Å². The number of unbranched alkanes of at least 4 members (excludes halogenated alkanes) is 2. The largest absolute Gasteiger partial charge is 0.505 e. The van der Waals surface area contributed by atoms with E-state index in [1.165, 1.54) is 17.6 Å². The summed E-state index contributed by atoms with van der Waals surface area (Å²) in [5.41, 5.74) is 4.12. The third-order valence-corrected chi connectivity index (χ3v) is 5.81. The Bertz CT molecular complexity index is 1080. The zero-order chi connectivity index (χ0) is 23.3. The molecule has 1 aromatic heterocycles. The van der Waals surface area contributed by atoms with Gasteiger partial charge in [0, 0.05) is 12.0 Å². The standard InChI is InChI=1S/C26H33N3O3/c1-6-7-10-14-26(4,5)20-16-19(13-15-32-25(31)18(2)3)24(30)23(17-20)29-27-21-11-8-9-12-22(21)28-29/h8-9,11-12,16-17,30H,2,6-7,10,13-15H2,1,3-5H3. The minimum Gasteiger partial charge on any atom is -0.505 e. The lowest BCUT2D eigenvalue weighted by Gasteiger charge is -2.27. The first-order valence-corrected chi connectivity index (χ1v) is 11.2. The lowest BCUT2D eigenvalue weighted by atomic mass is 9.79. The Hall–Kier alpha value is -3.15. The second kappa shape index (κ2) is 9.98. The molecule has 0 atom stereocenters. The number of nitrogens with zero attached hydrogens (tertiary/aromatic N) is 3. The van der Waals surface area contributed by atoms with Crippen LogP contribution in [0.2, 0.25) is 0 Å². The highest BCUT2D eigenvalue weighted by Crippen LogP contribution is 2.36. The summed E-state index contributed by atoms with van der Waals surface area (Å²) in [7, 11) is 0. The molecule has 1 N–H and O–H groups in total. The Labute approximate surface area is 189 Å². The molecule has 0 saturated carbocycles. The van der Waals surface area contributed by atoms with E-state index in [4.69, 9.17) is 4.74 Å². The first-order valence-electron chi connectivity index (χ1n) is 11.2. The van der Waals surface area contributed by atoms with Gasteiger partial charge in [0.15, 0.2) is 0 Å². The van der Waals surface area contributed by atoms with Gasteiger partial charge in [0.25, 0.3) is 0 Å². The number of hydrogen-bond donors (Lipinski definition) is 1. The van der Waals surface area contributed by atoms with E-state index in [2.05, 4.69) is 37.5 Å². The van der Waals surface area contributed by atoms with Gasteiger partial charge in [-0.05, 0) is 48.1 Å². The highest BCUT2D eigenvalue weighted by atomic mass is 16.5. The molecule has 0 bridgehead atoms. The zero-order valence-corrected chi connectivity index (χ0v) is 19.5. The van der Waals surface area contributed by atoms with Gasteiger partial charge >= 0.3 is 5.97 Å². The highest BCUT2D eigenvalue weighted by Gasteiger charge is 2.24. The number of carbonyl (C=O) groups excluding carboxylic acids is 1. The van der Waals surface area contributed by atoms with Crippen LogP contribution in [0.4, 0.5) is 0 Å². The van der Waals surface area contributed by atoms with Crippen molar-refractivity contribution in [1.82, 2.24) is 15.0 Å². The van der Waals surface area contributed by atoms with Gasteiger partial charge in [0.1, 0.15) is 22.5 Å².